The van der Waals surface area contributed by atoms with Crippen molar-refractivity contribution in [2.75, 3.05) is 18.8 Å². The largest absolute Gasteiger partial charge is 0.369 e. The average Bonchev–Trinajstić information content (AvgIpc) is 1.55. The fourth-order valence-electron chi connectivity index (χ4n) is 0.788. The summed E-state index contributed by atoms with van der Waals surface area (Å²) in [4.78, 5) is 0. The van der Waals surface area contributed by atoms with Gasteiger partial charge in [0.05, 0.1) is 5.75 Å². The van der Waals surface area contributed by atoms with Crippen LogP contribution in [0.2, 0.25) is 0 Å². The van der Waals surface area contributed by atoms with Gasteiger partial charge in [-0.25, -0.2) is 8.42 Å². The van der Waals surface area contributed by atoms with Crippen LogP contribution in [0.5, 0.6) is 0 Å². The zero-order valence-electron chi connectivity index (χ0n) is 7.12. The fourth-order valence-corrected chi connectivity index (χ4v) is 2.36. The number of hydrogen-bond donors (Lipinski definition) is 1. The second kappa shape index (κ2) is 3.51. The highest BCUT2D eigenvalue weighted by Gasteiger charge is 2.21. The molecule has 0 radical (unpaired) electrons. The lowest BCUT2D eigenvalue weighted by Gasteiger charge is -2.17. The van der Waals surface area contributed by atoms with E-state index >= 15 is 0 Å². The Hall–Kier alpha value is -0.130. The SMILES string of the molecule is COCS(=O)(=O)CC(C)(C)N. The third kappa shape index (κ3) is 6.28. The highest BCUT2D eigenvalue weighted by molar-refractivity contribution is 7.91. The minimum Gasteiger partial charge on any atom is -0.369 e. The van der Waals surface area contributed by atoms with Gasteiger partial charge in [-0.2, -0.15) is 0 Å². The molecule has 2 N–H and O–H groups in total. The highest BCUT2D eigenvalue weighted by Crippen LogP contribution is 2.03. The van der Waals surface area contributed by atoms with Crippen molar-refractivity contribution in [2.45, 2.75) is 19.4 Å². The lowest BCUT2D eigenvalue weighted by atomic mass is 10.1. The van der Waals surface area contributed by atoms with Crippen molar-refractivity contribution in [3.63, 3.8) is 0 Å². The van der Waals surface area contributed by atoms with Crippen LogP contribution in [0, 0.1) is 0 Å². The van der Waals surface area contributed by atoms with E-state index in [1.807, 2.05) is 0 Å². The highest BCUT2D eigenvalue weighted by atomic mass is 32.2. The molecule has 0 spiro atoms. The second-order valence-electron chi connectivity index (χ2n) is 3.28. The molecular weight excluding hydrogens is 166 g/mol. The topological polar surface area (TPSA) is 69.4 Å². The maximum absolute atomic E-state index is 11.0. The smallest absolute Gasteiger partial charge is 0.176 e. The van der Waals surface area contributed by atoms with E-state index in [-0.39, 0.29) is 11.7 Å². The third-order valence-corrected chi connectivity index (χ3v) is 2.67. The number of nitrogens with two attached hydrogens (primary N) is 1. The van der Waals surface area contributed by atoms with Crippen LogP contribution in [0.1, 0.15) is 13.8 Å². The Morgan fingerprint density at radius 1 is 1.45 bits per heavy atom. The Balaban J connectivity index is 4.15. The van der Waals surface area contributed by atoms with E-state index in [9.17, 15) is 8.42 Å². The molecule has 0 atom stereocenters. The number of ether oxygens (including phenoxy) is 1. The third-order valence-electron chi connectivity index (χ3n) is 0.889. The summed E-state index contributed by atoms with van der Waals surface area (Å²) in [5.74, 6) is -0.304. The molecule has 5 heteroatoms. The van der Waals surface area contributed by atoms with E-state index in [1.54, 1.807) is 13.8 Å². The standard InChI is InChI=1S/C6H15NO3S/c1-6(2,7)4-11(8,9)5-10-3/h4-5,7H2,1-3H3. The summed E-state index contributed by atoms with van der Waals surface area (Å²) in [7, 11) is -1.79. The lowest BCUT2D eigenvalue weighted by molar-refractivity contribution is 0.249. The lowest BCUT2D eigenvalue weighted by Crippen LogP contribution is -2.40. The van der Waals surface area contributed by atoms with Crippen LogP contribution in [0.4, 0.5) is 0 Å². The van der Waals surface area contributed by atoms with Gasteiger partial charge in [-0.05, 0) is 13.8 Å². The molecule has 0 aromatic carbocycles. The van der Waals surface area contributed by atoms with E-state index < -0.39 is 15.4 Å². The van der Waals surface area contributed by atoms with Crippen LogP contribution in [0.25, 0.3) is 0 Å². The number of methoxy groups -OCH3 is 1. The summed E-state index contributed by atoms with van der Waals surface area (Å²) in [6, 6.07) is 0. The number of hydrogen-bond acceptors (Lipinski definition) is 4. The van der Waals surface area contributed by atoms with Gasteiger partial charge in [-0.1, -0.05) is 0 Å². The van der Waals surface area contributed by atoms with Crippen LogP contribution in [0.3, 0.4) is 0 Å². The van der Waals surface area contributed by atoms with Crippen LogP contribution in [-0.2, 0) is 14.6 Å². The molecule has 0 saturated carbocycles. The zero-order valence-corrected chi connectivity index (χ0v) is 7.94. The molecule has 0 amide bonds. The molecule has 0 fully saturated rings. The van der Waals surface area contributed by atoms with Crippen LogP contribution in [-0.4, -0.2) is 32.8 Å². The van der Waals surface area contributed by atoms with Gasteiger partial charge in [0.1, 0.15) is 5.94 Å². The summed E-state index contributed by atoms with van der Waals surface area (Å²) >= 11 is 0. The van der Waals surface area contributed by atoms with Crippen molar-refractivity contribution >= 4 is 9.84 Å². The first-order chi connectivity index (χ1) is 4.77. The summed E-state index contributed by atoms with van der Waals surface area (Å²) < 4.78 is 26.6. The molecule has 0 unspecified atom stereocenters. The summed E-state index contributed by atoms with van der Waals surface area (Å²) in [5.41, 5.74) is 4.83. The van der Waals surface area contributed by atoms with E-state index in [4.69, 9.17) is 5.73 Å². The Labute approximate surface area is 67.6 Å². The second-order valence-corrected chi connectivity index (χ2v) is 5.29. The maximum Gasteiger partial charge on any atom is 0.176 e. The van der Waals surface area contributed by atoms with Crippen LogP contribution >= 0.6 is 0 Å². The number of sulfone groups is 1. The van der Waals surface area contributed by atoms with E-state index in [0.717, 1.165) is 0 Å². The molecule has 0 aliphatic carbocycles. The van der Waals surface area contributed by atoms with Crippen molar-refractivity contribution < 1.29 is 13.2 Å². The predicted molar refractivity (Wildman–Crippen MR) is 43.9 cm³/mol. The maximum atomic E-state index is 11.0. The molecule has 0 bridgehead atoms. The van der Waals surface area contributed by atoms with Gasteiger partial charge in [-0.3, -0.25) is 0 Å². The van der Waals surface area contributed by atoms with E-state index in [1.165, 1.54) is 7.11 Å². The average molecular weight is 181 g/mol. The normalized spacial score (nSPS) is 13.5. The molecule has 0 rings (SSSR count). The number of rotatable bonds is 4. The van der Waals surface area contributed by atoms with E-state index in [2.05, 4.69) is 4.74 Å². The van der Waals surface area contributed by atoms with Crippen LogP contribution in [0.15, 0.2) is 0 Å². The van der Waals surface area contributed by atoms with Gasteiger partial charge in [0.25, 0.3) is 0 Å². The van der Waals surface area contributed by atoms with Gasteiger partial charge in [0.2, 0.25) is 0 Å². The first-order valence-electron chi connectivity index (χ1n) is 3.25. The molecule has 68 valence electrons. The van der Waals surface area contributed by atoms with Gasteiger partial charge in [0.15, 0.2) is 9.84 Å². The van der Waals surface area contributed by atoms with Gasteiger partial charge >= 0.3 is 0 Å². The Kier molecular flexibility index (Phi) is 3.47. The van der Waals surface area contributed by atoms with Gasteiger partial charge < -0.3 is 10.5 Å². The van der Waals surface area contributed by atoms with E-state index in [0.29, 0.717) is 0 Å². The van der Waals surface area contributed by atoms with Gasteiger partial charge in [-0.15, -0.1) is 0 Å². The molecule has 0 aliphatic heterocycles. The zero-order chi connectivity index (χ0) is 9.12. The minimum absolute atomic E-state index is 0.0478. The van der Waals surface area contributed by atoms with Crippen molar-refractivity contribution in [2.24, 2.45) is 5.73 Å². The van der Waals surface area contributed by atoms with Crippen molar-refractivity contribution in [3.05, 3.63) is 0 Å². The molecule has 0 heterocycles. The Bertz CT molecular complexity index is 202. The molecule has 0 aromatic heterocycles. The molecule has 11 heavy (non-hydrogen) atoms. The first kappa shape index (κ1) is 10.9. The summed E-state index contributed by atoms with van der Waals surface area (Å²) in [6.07, 6.45) is 0. The molecule has 4 nitrogen and oxygen atoms in total. The van der Waals surface area contributed by atoms with Crippen LogP contribution < -0.4 is 5.73 Å². The fraction of sp³-hybridized carbons (Fsp3) is 1.00. The molecular formula is C6H15NO3S. The van der Waals surface area contributed by atoms with Crippen molar-refractivity contribution in [1.82, 2.24) is 0 Å². The quantitative estimate of drug-likeness (QED) is 0.649. The van der Waals surface area contributed by atoms with Gasteiger partial charge in [0, 0.05) is 12.6 Å². The first-order valence-corrected chi connectivity index (χ1v) is 5.07. The molecule has 0 aromatic rings. The van der Waals surface area contributed by atoms with Crippen molar-refractivity contribution in [3.8, 4) is 0 Å². The molecule has 0 saturated heterocycles. The Morgan fingerprint density at radius 2 is 1.91 bits per heavy atom. The van der Waals surface area contributed by atoms with Crippen molar-refractivity contribution in [1.29, 1.82) is 0 Å². The molecule has 0 aliphatic rings. The summed E-state index contributed by atoms with van der Waals surface area (Å²) in [5, 5.41) is 0. The predicted octanol–water partition coefficient (Wildman–Crippen LogP) is -0.258. The summed E-state index contributed by atoms with van der Waals surface area (Å²) in [6.45, 7) is 3.33. The monoisotopic (exact) mass is 181 g/mol. The Morgan fingerprint density at radius 3 is 2.18 bits per heavy atom. The minimum atomic E-state index is -3.14.